The topological polar surface area (TPSA) is 48.9 Å². The summed E-state index contributed by atoms with van der Waals surface area (Å²) in [6.07, 6.45) is 9.45. The molecule has 2 aliphatic rings. The zero-order valence-electron chi connectivity index (χ0n) is 17.3. The number of nitrogens with one attached hydrogen (secondary N) is 1. The largest absolute Gasteiger partial charge is 0.388 e. The number of benzene rings is 1. The highest BCUT2D eigenvalue weighted by Gasteiger charge is 2.34. The van der Waals surface area contributed by atoms with E-state index in [9.17, 15) is 9.50 Å². The third-order valence-electron chi connectivity index (χ3n) is 6.24. The van der Waals surface area contributed by atoms with Gasteiger partial charge in [-0.3, -0.25) is 0 Å². The molecule has 28 heavy (non-hydrogen) atoms. The van der Waals surface area contributed by atoms with Crippen molar-refractivity contribution in [3.05, 3.63) is 59.4 Å². The summed E-state index contributed by atoms with van der Waals surface area (Å²) in [5.41, 5.74) is 4.42. The van der Waals surface area contributed by atoms with Crippen LogP contribution < -0.4 is 0 Å². The van der Waals surface area contributed by atoms with Gasteiger partial charge in [-0.05, 0) is 80.9 Å². The van der Waals surface area contributed by atoms with Crippen LogP contribution in [0.25, 0.3) is 5.57 Å². The molecule has 1 heterocycles. The van der Waals surface area contributed by atoms with E-state index < -0.39 is 6.10 Å². The Morgan fingerprint density at radius 2 is 1.86 bits per heavy atom. The minimum atomic E-state index is -0.454. The second-order valence-corrected chi connectivity index (χ2v) is 7.95. The number of hydrogen-bond donors (Lipinski definition) is 2. The number of hydrogen-bond acceptors (Lipinski definition) is 2. The lowest BCUT2D eigenvalue weighted by molar-refractivity contribution is 0.127. The summed E-state index contributed by atoms with van der Waals surface area (Å²) in [5.74, 6) is 1.12. The number of halogens is 1. The van der Waals surface area contributed by atoms with Gasteiger partial charge in [0, 0.05) is 5.57 Å². The molecule has 0 bridgehead atoms. The summed E-state index contributed by atoms with van der Waals surface area (Å²) in [6, 6.07) is 6.98. The Labute approximate surface area is 168 Å². The summed E-state index contributed by atoms with van der Waals surface area (Å²) in [5, 5.41) is 11.2. The monoisotopic (exact) mass is 384 g/mol. The van der Waals surface area contributed by atoms with E-state index in [-0.39, 0.29) is 11.7 Å². The van der Waals surface area contributed by atoms with E-state index in [1.54, 1.807) is 18.5 Å². The van der Waals surface area contributed by atoms with Crippen LogP contribution in [-0.2, 0) is 0 Å². The Kier molecular flexibility index (Phi) is 7.06. The number of allylic oxidation sites excluding steroid dienone is 1. The fraction of sp³-hybridized carbons (Fsp3) is 0.542. The molecule has 0 saturated heterocycles. The molecule has 0 aliphatic heterocycles. The van der Waals surface area contributed by atoms with Gasteiger partial charge < -0.3 is 10.1 Å². The molecule has 2 aromatic rings. The first-order chi connectivity index (χ1) is 13.6. The van der Waals surface area contributed by atoms with Crippen LogP contribution in [0, 0.1) is 17.7 Å². The molecule has 2 fully saturated rings. The predicted molar refractivity (Wildman–Crippen MR) is 112 cm³/mol. The van der Waals surface area contributed by atoms with E-state index >= 15 is 0 Å². The van der Waals surface area contributed by atoms with Crippen LogP contribution in [-0.4, -0.2) is 21.2 Å². The molecule has 0 radical (unpaired) electrons. The molecule has 4 rings (SSSR count). The Balaban J connectivity index is 0.00000109. The van der Waals surface area contributed by atoms with Crippen LogP contribution in [0.2, 0.25) is 0 Å². The van der Waals surface area contributed by atoms with Crippen molar-refractivity contribution in [2.75, 3.05) is 0 Å². The number of imidazole rings is 1. The van der Waals surface area contributed by atoms with Gasteiger partial charge in [0.1, 0.15) is 5.82 Å². The highest BCUT2D eigenvalue weighted by molar-refractivity contribution is 5.69. The fourth-order valence-electron chi connectivity index (χ4n) is 4.51. The van der Waals surface area contributed by atoms with E-state index in [1.165, 1.54) is 24.5 Å². The van der Waals surface area contributed by atoms with Crippen LogP contribution in [0.15, 0.2) is 42.4 Å². The summed E-state index contributed by atoms with van der Waals surface area (Å²) in [6.45, 7) is 6.16. The molecule has 1 unspecified atom stereocenters. The van der Waals surface area contributed by atoms with Crippen molar-refractivity contribution in [1.29, 1.82) is 0 Å². The van der Waals surface area contributed by atoms with Crippen LogP contribution >= 0.6 is 0 Å². The van der Waals surface area contributed by atoms with Crippen molar-refractivity contribution in [1.82, 2.24) is 9.97 Å². The van der Waals surface area contributed by atoms with Crippen molar-refractivity contribution < 1.29 is 9.50 Å². The molecule has 2 N–H and O–H groups in total. The van der Waals surface area contributed by atoms with Gasteiger partial charge in [-0.1, -0.05) is 31.6 Å². The van der Waals surface area contributed by atoms with Gasteiger partial charge >= 0.3 is 0 Å². The first-order valence-corrected chi connectivity index (χ1v) is 10.8. The van der Waals surface area contributed by atoms with E-state index in [2.05, 4.69) is 16.9 Å². The van der Waals surface area contributed by atoms with Crippen molar-refractivity contribution in [3.63, 3.8) is 0 Å². The minimum Gasteiger partial charge on any atom is -0.388 e. The van der Waals surface area contributed by atoms with Crippen molar-refractivity contribution in [2.45, 2.75) is 71.3 Å². The molecule has 1 aromatic heterocycles. The molecule has 0 spiro atoms. The minimum absolute atomic E-state index is 0.158. The summed E-state index contributed by atoms with van der Waals surface area (Å²) in [4.78, 5) is 7.35. The Bertz CT molecular complexity index is 772. The van der Waals surface area contributed by atoms with Crippen LogP contribution in [0.5, 0.6) is 0 Å². The first kappa shape index (κ1) is 20.8. The third kappa shape index (κ3) is 4.72. The molecular weight excluding hydrogens is 351 g/mol. The van der Waals surface area contributed by atoms with Crippen molar-refractivity contribution in [2.24, 2.45) is 11.8 Å². The fourth-order valence-corrected chi connectivity index (χ4v) is 4.51. The van der Waals surface area contributed by atoms with Gasteiger partial charge in [0.15, 0.2) is 0 Å². The number of aliphatic hydroxyl groups is 1. The van der Waals surface area contributed by atoms with Gasteiger partial charge in [-0.15, -0.1) is 0 Å². The molecule has 3 nitrogen and oxygen atoms in total. The smallest absolute Gasteiger partial charge is 0.123 e. The van der Waals surface area contributed by atoms with Gasteiger partial charge in [0.05, 0.1) is 24.3 Å². The molecule has 2 saturated carbocycles. The van der Waals surface area contributed by atoms with E-state index in [0.717, 1.165) is 42.5 Å². The lowest BCUT2D eigenvalue weighted by atomic mass is 9.74. The van der Waals surface area contributed by atoms with E-state index in [0.29, 0.717) is 11.8 Å². The maximum atomic E-state index is 13.5. The normalized spacial score (nSPS) is 24.0. The second kappa shape index (κ2) is 9.51. The first-order valence-electron chi connectivity index (χ1n) is 10.8. The number of aromatic nitrogens is 2. The van der Waals surface area contributed by atoms with Crippen LogP contribution in [0.1, 0.15) is 76.5 Å². The maximum Gasteiger partial charge on any atom is 0.123 e. The lowest BCUT2D eigenvalue weighted by Crippen LogP contribution is -2.27. The molecule has 4 heteroatoms. The zero-order valence-corrected chi connectivity index (χ0v) is 17.3. The highest BCUT2D eigenvalue weighted by atomic mass is 19.1. The molecule has 152 valence electrons. The average Bonchev–Trinajstić information content (AvgIpc) is 3.46. The number of rotatable bonds is 5. The average molecular weight is 385 g/mol. The SMILES string of the molecule is C/C(=C(\c1cnc[nH]1)C(O)C1CCC(c2cccc(F)c2)CC1)C1CC1.CC. The van der Waals surface area contributed by atoms with E-state index in [1.807, 2.05) is 26.1 Å². The van der Waals surface area contributed by atoms with Crippen LogP contribution in [0.4, 0.5) is 4.39 Å². The maximum absolute atomic E-state index is 13.5. The standard InChI is InChI=1S/C22H27FN2O.C2H6/c1-14(15-5-6-15)21(20-12-24-13-25-20)22(26)17-9-7-16(8-10-17)18-3-2-4-19(23)11-18;1-2/h2-4,11-13,15-17,22,26H,5-10H2,1H3,(H,24,25);1-2H3/b21-14-;. The number of nitrogens with zero attached hydrogens (tertiary/aromatic N) is 1. The summed E-state index contributed by atoms with van der Waals surface area (Å²) in [7, 11) is 0. The molecule has 1 atom stereocenters. The lowest BCUT2D eigenvalue weighted by Gasteiger charge is -2.33. The van der Waals surface area contributed by atoms with Crippen molar-refractivity contribution in [3.8, 4) is 0 Å². The highest BCUT2D eigenvalue weighted by Crippen LogP contribution is 2.44. The molecule has 2 aliphatic carbocycles. The number of aromatic amines is 1. The van der Waals surface area contributed by atoms with Crippen molar-refractivity contribution >= 4 is 5.57 Å². The summed E-state index contributed by atoms with van der Waals surface area (Å²) >= 11 is 0. The molecule has 1 aromatic carbocycles. The Morgan fingerprint density at radius 3 is 2.43 bits per heavy atom. The van der Waals surface area contributed by atoms with Gasteiger partial charge in [0.25, 0.3) is 0 Å². The Hall–Kier alpha value is -1.94. The predicted octanol–water partition coefficient (Wildman–Crippen LogP) is 6.09. The van der Waals surface area contributed by atoms with Gasteiger partial charge in [-0.2, -0.15) is 0 Å². The number of H-pyrrole nitrogens is 1. The summed E-state index contributed by atoms with van der Waals surface area (Å²) < 4.78 is 13.5. The molecular formula is C24H33FN2O. The number of aliphatic hydroxyl groups excluding tert-OH is 1. The second-order valence-electron chi connectivity index (χ2n) is 7.95. The Morgan fingerprint density at radius 1 is 1.14 bits per heavy atom. The van der Waals surface area contributed by atoms with Crippen LogP contribution in [0.3, 0.4) is 0 Å². The van der Waals surface area contributed by atoms with E-state index in [4.69, 9.17) is 0 Å². The van der Waals surface area contributed by atoms with Gasteiger partial charge in [-0.25, -0.2) is 9.37 Å². The quantitative estimate of drug-likeness (QED) is 0.655. The third-order valence-corrected chi connectivity index (χ3v) is 6.24. The zero-order chi connectivity index (χ0) is 20.1. The van der Waals surface area contributed by atoms with Gasteiger partial charge in [0.2, 0.25) is 0 Å². The molecule has 0 amide bonds.